The van der Waals surface area contributed by atoms with Gasteiger partial charge in [-0.2, -0.15) is 26.3 Å². The molecule has 1 aromatic carbocycles. The Balaban J connectivity index is 2.92. The number of benzene rings is 1. The Morgan fingerprint density at radius 3 is 2.00 bits per heavy atom. The molecule has 0 saturated carbocycles. The molecular weight excluding hydrogens is 380 g/mol. The van der Waals surface area contributed by atoms with Gasteiger partial charge in [0.15, 0.2) is 0 Å². The van der Waals surface area contributed by atoms with Crippen molar-refractivity contribution in [3.8, 4) is 0 Å². The number of fused-ring (bicyclic) bond motifs is 1. The summed E-state index contributed by atoms with van der Waals surface area (Å²) in [5.41, 5.74) is -7.29. The fourth-order valence-electron chi connectivity index (χ4n) is 2.49. The van der Waals surface area contributed by atoms with Gasteiger partial charge < -0.3 is 10.1 Å². The Morgan fingerprint density at radius 2 is 1.55 bits per heavy atom. The first-order valence-corrected chi connectivity index (χ1v) is 6.93. The smallest absolute Gasteiger partial charge is 0.357 e. The molecule has 1 aliphatic heterocycles. The van der Waals surface area contributed by atoms with Gasteiger partial charge in [-0.15, -0.1) is 0 Å². The molecule has 0 saturated heterocycles. The van der Waals surface area contributed by atoms with Gasteiger partial charge in [0.1, 0.15) is 5.72 Å². The first kappa shape index (κ1) is 17.4. The highest BCUT2D eigenvalue weighted by Gasteiger charge is 2.76. The quantitative estimate of drug-likeness (QED) is 0.609. The van der Waals surface area contributed by atoms with Gasteiger partial charge in [-0.3, -0.25) is 0 Å². The van der Waals surface area contributed by atoms with Crippen LogP contribution in [0.25, 0.3) is 0 Å². The van der Waals surface area contributed by atoms with Crippen molar-refractivity contribution in [1.82, 2.24) is 0 Å². The summed E-state index contributed by atoms with van der Waals surface area (Å²) in [4.78, 5) is 0. The highest BCUT2D eigenvalue weighted by molar-refractivity contribution is 9.10. The molecular formula is C13H12BrF6NO. The first-order chi connectivity index (χ1) is 9.71. The van der Waals surface area contributed by atoms with E-state index in [1.165, 1.54) is 13.0 Å². The third kappa shape index (κ3) is 2.47. The van der Waals surface area contributed by atoms with Crippen molar-refractivity contribution < 1.29 is 31.1 Å². The molecule has 124 valence electrons. The van der Waals surface area contributed by atoms with Gasteiger partial charge in [0.2, 0.25) is 0 Å². The van der Waals surface area contributed by atoms with E-state index in [2.05, 4.69) is 26.0 Å². The van der Waals surface area contributed by atoms with Crippen LogP contribution < -0.4 is 5.32 Å². The van der Waals surface area contributed by atoms with E-state index in [1.807, 2.05) is 0 Å². The third-order valence-electron chi connectivity index (χ3n) is 3.25. The zero-order valence-electron chi connectivity index (χ0n) is 11.7. The van der Waals surface area contributed by atoms with Crippen molar-refractivity contribution in [3.05, 3.63) is 27.7 Å². The summed E-state index contributed by atoms with van der Waals surface area (Å²) < 4.78 is 85.6. The van der Waals surface area contributed by atoms with Crippen LogP contribution in [0, 0.1) is 6.92 Å². The van der Waals surface area contributed by atoms with Crippen LogP contribution in [0.1, 0.15) is 25.0 Å². The Labute approximate surface area is 131 Å². The van der Waals surface area contributed by atoms with Gasteiger partial charge in [-0.1, -0.05) is 6.07 Å². The molecule has 1 heterocycles. The van der Waals surface area contributed by atoms with Crippen LogP contribution in [0.2, 0.25) is 0 Å². The molecule has 0 radical (unpaired) electrons. The van der Waals surface area contributed by atoms with Crippen LogP contribution in [0.3, 0.4) is 0 Å². The Kier molecular flexibility index (Phi) is 3.77. The maximum atomic E-state index is 13.5. The average molecular weight is 392 g/mol. The normalized spacial score (nSPS) is 20.3. The molecule has 1 aromatic rings. The van der Waals surface area contributed by atoms with Gasteiger partial charge in [0.25, 0.3) is 5.60 Å². The minimum absolute atomic E-state index is 0.108. The van der Waals surface area contributed by atoms with Crippen LogP contribution >= 0.6 is 15.9 Å². The predicted molar refractivity (Wildman–Crippen MR) is 71.5 cm³/mol. The number of nitrogens with one attached hydrogen (secondary N) is 1. The summed E-state index contributed by atoms with van der Waals surface area (Å²) >= 11 is 3.02. The van der Waals surface area contributed by atoms with Crippen molar-refractivity contribution in [2.75, 3.05) is 5.32 Å². The molecule has 0 bridgehead atoms. The Hall–Kier alpha value is -0.960. The van der Waals surface area contributed by atoms with Gasteiger partial charge >= 0.3 is 12.4 Å². The van der Waals surface area contributed by atoms with Crippen molar-refractivity contribution in [2.45, 2.75) is 44.4 Å². The molecule has 1 aliphatic rings. The summed E-state index contributed by atoms with van der Waals surface area (Å²) in [6.45, 7) is 3.62. The van der Waals surface area contributed by atoms with Crippen molar-refractivity contribution in [2.24, 2.45) is 0 Å². The van der Waals surface area contributed by atoms with E-state index in [-0.39, 0.29) is 15.7 Å². The lowest BCUT2D eigenvalue weighted by atomic mass is 9.86. The molecule has 0 spiro atoms. The van der Waals surface area contributed by atoms with E-state index < -0.39 is 29.2 Å². The largest absolute Gasteiger partial charge is 0.431 e. The molecule has 0 amide bonds. The summed E-state index contributed by atoms with van der Waals surface area (Å²) in [6, 6.07) is 2.27. The molecule has 0 atom stereocenters. The standard InChI is InChI=1S/C13H12BrF6NO/c1-6-4-7-9(8(14)5-6)21-10(2,3)22-11(7,12(15,16)17)13(18,19)20/h4-5,21H,1-3H3. The van der Waals surface area contributed by atoms with Gasteiger partial charge in [-0.25, -0.2) is 0 Å². The van der Waals surface area contributed by atoms with Crippen molar-refractivity contribution in [1.29, 1.82) is 0 Å². The van der Waals surface area contributed by atoms with Crippen LogP contribution in [0.4, 0.5) is 32.0 Å². The second kappa shape index (κ2) is 4.77. The first-order valence-electron chi connectivity index (χ1n) is 6.14. The Bertz CT molecular complexity index is 594. The summed E-state index contributed by atoms with van der Waals surface area (Å²) in [5.74, 6) is 0. The van der Waals surface area contributed by atoms with E-state index in [0.29, 0.717) is 0 Å². The van der Waals surface area contributed by atoms with Gasteiger partial charge in [-0.05, 0) is 48.3 Å². The molecule has 0 unspecified atom stereocenters. The molecule has 9 heteroatoms. The van der Waals surface area contributed by atoms with Gasteiger partial charge in [0.05, 0.1) is 5.69 Å². The third-order valence-corrected chi connectivity index (χ3v) is 3.87. The highest BCUT2D eigenvalue weighted by Crippen LogP contribution is 2.59. The van der Waals surface area contributed by atoms with E-state index in [1.54, 1.807) is 0 Å². The van der Waals surface area contributed by atoms with Crippen molar-refractivity contribution >= 4 is 21.6 Å². The molecule has 0 aromatic heterocycles. The summed E-state index contributed by atoms with van der Waals surface area (Å²) in [5, 5.41) is 2.56. The van der Waals surface area contributed by atoms with E-state index >= 15 is 0 Å². The number of halogens is 7. The zero-order chi connectivity index (χ0) is 17.1. The SMILES string of the molecule is Cc1cc(Br)c2c(c1)C(C(F)(F)F)(C(F)(F)F)OC(C)(C)N2. The number of aryl methyl sites for hydroxylation is 1. The second-order valence-corrected chi connectivity index (χ2v) is 6.44. The lowest BCUT2D eigenvalue weighted by molar-refractivity contribution is -0.408. The molecule has 0 fully saturated rings. The van der Waals surface area contributed by atoms with Crippen molar-refractivity contribution in [3.63, 3.8) is 0 Å². The highest BCUT2D eigenvalue weighted by atomic mass is 79.9. The minimum Gasteiger partial charge on any atom is -0.357 e. The van der Waals surface area contributed by atoms with Gasteiger partial charge in [0, 0.05) is 10.0 Å². The van der Waals surface area contributed by atoms with Crippen LogP contribution in [-0.4, -0.2) is 18.1 Å². The van der Waals surface area contributed by atoms with Crippen LogP contribution in [-0.2, 0) is 10.3 Å². The summed E-state index contributed by atoms with van der Waals surface area (Å²) in [7, 11) is 0. The van der Waals surface area contributed by atoms with E-state index in [4.69, 9.17) is 0 Å². The van der Waals surface area contributed by atoms with E-state index in [0.717, 1.165) is 19.9 Å². The maximum absolute atomic E-state index is 13.5. The van der Waals surface area contributed by atoms with Crippen LogP contribution in [0.15, 0.2) is 16.6 Å². The fraction of sp³-hybridized carbons (Fsp3) is 0.538. The second-order valence-electron chi connectivity index (χ2n) is 5.58. The predicted octanol–water partition coefficient (Wildman–Crippen LogP) is 5.26. The number of alkyl halides is 6. The summed E-state index contributed by atoms with van der Waals surface area (Å²) in [6.07, 6.45) is -11.3. The maximum Gasteiger partial charge on any atom is 0.431 e. The number of anilines is 1. The molecule has 0 aliphatic carbocycles. The molecule has 2 nitrogen and oxygen atoms in total. The zero-order valence-corrected chi connectivity index (χ0v) is 13.3. The lowest BCUT2D eigenvalue weighted by Crippen LogP contribution is -2.63. The fourth-order valence-corrected chi connectivity index (χ4v) is 3.17. The molecule has 22 heavy (non-hydrogen) atoms. The molecule has 2 rings (SSSR count). The number of ether oxygens (including phenoxy) is 1. The van der Waals surface area contributed by atoms with Crippen LogP contribution in [0.5, 0.6) is 0 Å². The molecule has 1 N–H and O–H groups in total. The van der Waals surface area contributed by atoms with E-state index in [9.17, 15) is 26.3 Å². The average Bonchev–Trinajstić information content (AvgIpc) is 2.25. The lowest BCUT2D eigenvalue weighted by Gasteiger charge is -2.48. The number of hydrogen-bond donors (Lipinski definition) is 1. The monoisotopic (exact) mass is 391 g/mol. The number of hydrogen-bond acceptors (Lipinski definition) is 2. The topological polar surface area (TPSA) is 21.3 Å². The Morgan fingerprint density at radius 1 is 1.05 bits per heavy atom. The minimum atomic E-state index is -5.67. The number of rotatable bonds is 0.